The van der Waals surface area contributed by atoms with Gasteiger partial charge in [0, 0.05) is 6.04 Å². The monoisotopic (exact) mass is 267 g/mol. The summed E-state index contributed by atoms with van der Waals surface area (Å²) in [6, 6.07) is 0.742. The van der Waals surface area contributed by atoms with Crippen molar-refractivity contribution in [2.45, 2.75) is 92.5 Å². The second-order valence-corrected chi connectivity index (χ2v) is 7.68. The van der Waals surface area contributed by atoms with Crippen molar-refractivity contribution in [3.8, 4) is 0 Å². The van der Waals surface area contributed by atoms with Crippen molar-refractivity contribution in [1.82, 2.24) is 5.32 Å². The number of unbranched alkanes of at least 4 members (excludes halogenated alkanes) is 4. The Balaban J connectivity index is 2.41. The number of hydrogen-bond acceptors (Lipinski definition) is 1. The van der Waals surface area contributed by atoms with E-state index in [1.165, 1.54) is 51.5 Å². The highest BCUT2D eigenvalue weighted by Crippen LogP contribution is 2.70. The summed E-state index contributed by atoms with van der Waals surface area (Å²) in [5.41, 5.74) is 1.03. The Morgan fingerprint density at radius 2 is 1.42 bits per heavy atom. The van der Waals surface area contributed by atoms with Gasteiger partial charge in [0.1, 0.15) is 0 Å². The standard InChI is InChI=1S/C18H37N/c1-7-9-10-11-12-13-15(19-14-8-2)16-17(3,4)18(16,5)6/h15-16,19H,7-14H2,1-6H3. The first-order valence-corrected chi connectivity index (χ1v) is 8.63. The quantitative estimate of drug-likeness (QED) is 0.523. The Labute approximate surface area is 121 Å². The minimum absolute atomic E-state index is 0.516. The molecule has 0 aromatic rings. The maximum atomic E-state index is 3.83. The van der Waals surface area contributed by atoms with E-state index in [0.29, 0.717) is 10.8 Å². The highest BCUT2D eigenvalue weighted by molar-refractivity contribution is 5.16. The molecule has 0 saturated heterocycles. The van der Waals surface area contributed by atoms with Crippen molar-refractivity contribution in [2.24, 2.45) is 16.7 Å². The zero-order valence-corrected chi connectivity index (χ0v) is 14.3. The lowest BCUT2D eigenvalue weighted by atomic mass is 9.97. The molecular formula is C18H37N. The van der Waals surface area contributed by atoms with Crippen molar-refractivity contribution in [1.29, 1.82) is 0 Å². The smallest absolute Gasteiger partial charge is 0.0106 e. The molecule has 19 heavy (non-hydrogen) atoms. The molecule has 1 unspecified atom stereocenters. The molecule has 1 atom stereocenters. The van der Waals surface area contributed by atoms with Crippen molar-refractivity contribution in [3.05, 3.63) is 0 Å². The fourth-order valence-corrected chi connectivity index (χ4v) is 3.94. The van der Waals surface area contributed by atoms with E-state index in [2.05, 4.69) is 46.9 Å². The van der Waals surface area contributed by atoms with Crippen LogP contribution in [0.5, 0.6) is 0 Å². The summed E-state index contributed by atoms with van der Waals surface area (Å²) in [5.74, 6) is 0.859. The lowest BCUT2D eigenvalue weighted by molar-refractivity contribution is 0.364. The van der Waals surface area contributed by atoms with Gasteiger partial charge >= 0.3 is 0 Å². The summed E-state index contributed by atoms with van der Waals surface area (Å²) in [6.45, 7) is 15.6. The van der Waals surface area contributed by atoms with Gasteiger partial charge in [-0.3, -0.25) is 0 Å². The number of hydrogen-bond donors (Lipinski definition) is 1. The van der Waals surface area contributed by atoms with Gasteiger partial charge in [0.2, 0.25) is 0 Å². The molecule has 0 heterocycles. The van der Waals surface area contributed by atoms with Crippen molar-refractivity contribution < 1.29 is 0 Å². The topological polar surface area (TPSA) is 12.0 Å². The van der Waals surface area contributed by atoms with Crippen LogP contribution in [0.3, 0.4) is 0 Å². The summed E-state index contributed by atoms with van der Waals surface area (Å²) < 4.78 is 0. The van der Waals surface area contributed by atoms with E-state index in [9.17, 15) is 0 Å². The van der Waals surface area contributed by atoms with Gasteiger partial charge in [-0.15, -0.1) is 0 Å². The maximum Gasteiger partial charge on any atom is 0.0106 e. The molecule has 1 rings (SSSR count). The Hall–Kier alpha value is -0.0400. The second kappa shape index (κ2) is 7.11. The molecule has 0 aliphatic heterocycles. The van der Waals surface area contributed by atoms with Gasteiger partial charge in [0.25, 0.3) is 0 Å². The Morgan fingerprint density at radius 1 is 0.842 bits per heavy atom. The van der Waals surface area contributed by atoms with Crippen LogP contribution in [0.2, 0.25) is 0 Å². The van der Waals surface area contributed by atoms with Gasteiger partial charge in [-0.1, -0.05) is 73.6 Å². The highest BCUT2D eigenvalue weighted by atomic mass is 15.0. The molecule has 0 radical (unpaired) electrons. The maximum absolute atomic E-state index is 3.83. The molecule has 0 spiro atoms. The molecule has 0 aromatic carbocycles. The van der Waals surface area contributed by atoms with Crippen LogP contribution in [0.4, 0.5) is 0 Å². The fourth-order valence-electron chi connectivity index (χ4n) is 3.94. The van der Waals surface area contributed by atoms with Gasteiger partial charge in [-0.2, -0.15) is 0 Å². The summed E-state index contributed by atoms with van der Waals surface area (Å²) in [7, 11) is 0. The molecule has 0 amide bonds. The molecule has 1 N–H and O–H groups in total. The van der Waals surface area contributed by atoms with Crippen molar-refractivity contribution in [3.63, 3.8) is 0 Å². The summed E-state index contributed by atoms with van der Waals surface area (Å²) in [6.07, 6.45) is 9.64. The van der Waals surface area contributed by atoms with Crippen LogP contribution in [-0.2, 0) is 0 Å². The van der Waals surface area contributed by atoms with Gasteiger partial charge in [-0.25, -0.2) is 0 Å². The van der Waals surface area contributed by atoms with Crippen LogP contribution in [-0.4, -0.2) is 12.6 Å². The average Bonchev–Trinajstić information content (AvgIpc) is 2.74. The van der Waals surface area contributed by atoms with E-state index in [0.717, 1.165) is 12.0 Å². The molecule has 1 aliphatic rings. The first-order chi connectivity index (χ1) is 8.89. The molecule has 1 saturated carbocycles. The zero-order chi connectivity index (χ0) is 14.5. The van der Waals surface area contributed by atoms with Crippen LogP contribution in [0.25, 0.3) is 0 Å². The molecule has 1 nitrogen and oxygen atoms in total. The zero-order valence-electron chi connectivity index (χ0n) is 14.3. The number of nitrogens with one attached hydrogen (secondary N) is 1. The third-order valence-corrected chi connectivity index (χ3v) is 5.81. The van der Waals surface area contributed by atoms with E-state index in [1.807, 2.05) is 0 Å². The normalized spacial score (nSPS) is 22.4. The summed E-state index contributed by atoms with van der Waals surface area (Å²) >= 11 is 0. The van der Waals surface area contributed by atoms with E-state index in [1.54, 1.807) is 0 Å². The minimum atomic E-state index is 0.516. The van der Waals surface area contributed by atoms with Crippen LogP contribution >= 0.6 is 0 Å². The average molecular weight is 268 g/mol. The predicted molar refractivity (Wildman–Crippen MR) is 86.5 cm³/mol. The van der Waals surface area contributed by atoms with E-state index < -0.39 is 0 Å². The molecule has 0 aromatic heterocycles. The van der Waals surface area contributed by atoms with Crippen LogP contribution < -0.4 is 5.32 Å². The Morgan fingerprint density at radius 3 is 1.89 bits per heavy atom. The largest absolute Gasteiger partial charge is 0.314 e. The van der Waals surface area contributed by atoms with Gasteiger partial charge in [0.15, 0.2) is 0 Å². The first kappa shape index (κ1) is 17.0. The third-order valence-electron chi connectivity index (χ3n) is 5.81. The SMILES string of the molecule is CCCCCCCC(NCCC)C1C(C)(C)C1(C)C. The highest BCUT2D eigenvalue weighted by Gasteiger charge is 2.66. The van der Waals surface area contributed by atoms with E-state index >= 15 is 0 Å². The number of rotatable bonds is 10. The second-order valence-electron chi connectivity index (χ2n) is 7.68. The van der Waals surface area contributed by atoms with Crippen molar-refractivity contribution in [2.75, 3.05) is 6.54 Å². The first-order valence-electron chi connectivity index (χ1n) is 8.63. The van der Waals surface area contributed by atoms with Crippen LogP contribution in [0.15, 0.2) is 0 Å². The summed E-state index contributed by atoms with van der Waals surface area (Å²) in [5, 5.41) is 3.83. The molecule has 114 valence electrons. The van der Waals surface area contributed by atoms with E-state index in [4.69, 9.17) is 0 Å². The van der Waals surface area contributed by atoms with Crippen molar-refractivity contribution >= 4 is 0 Å². The molecule has 1 fully saturated rings. The summed E-state index contributed by atoms with van der Waals surface area (Å²) in [4.78, 5) is 0. The molecule has 0 bridgehead atoms. The van der Waals surface area contributed by atoms with Crippen LogP contribution in [0, 0.1) is 16.7 Å². The van der Waals surface area contributed by atoms with E-state index in [-0.39, 0.29) is 0 Å². The van der Waals surface area contributed by atoms with Gasteiger partial charge < -0.3 is 5.32 Å². The predicted octanol–water partition coefficient (Wildman–Crippen LogP) is 5.40. The molecule has 1 heteroatoms. The fraction of sp³-hybridized carbons (Fsp3) is 1.00. The van der Waals surface area contributed by atoms with Crippen LogP contribution in [0.1, 0.15) is 86.5 Å². The lowest BCUT2D eigenvalue weighted by Crippen LogP contribution is -2.34. The Kier molecular flexibility index (Phi) is 6.36. The Bertz CT molecular complexity index is 240. The third kappa shape index (κ3) is 3.97. The molecular weight excluding hydrogens is 230 g/mol. The lowest BCUT2D eigenvalue weighted by Gasteiger charge is -2.21. The molecule has 1 aliphatic carbocycles. The van der Waals surface area contributed by atoms with Gasteiger partial charge in [0.05, 0.1) is 0 Å². The van der Waals surface area contributed by atoms with Gasteiger partial charge in [-0.05, 0) is 36.1 Å². The minimum Gasteiger partial charge on any atom is -0.314 e.